The van der Waals surface area contributed by atoms with Gasteiger partial charge in [-0.1, -0.05) is 29.8 Å². The number of carbonyl (C=O) groups excluding carboxylic acids is 1. The summed E-state index contributed by atoms with van der Waals surface area (Å²) in [6.45, 7) is 0.112. The zero-order chi connectivity index (χ0) is 24.9. The van der Waals surface area contributed by atoms with Crippen molar-refractivity contribution in [2.75, 3.05) is 18.3 Å². The number of nitrogens with zero attached hydrogens (tertiary/aromatic N) is 3. The van der Waals surface area contributed by atoms with Crippen LogP contribution in [0.25, 0.3) is 0 Å². The highest BCUT2D eigenvalue weighted by molar-refractivity contribution is 6.30. The van der Waals surface area contributed by atoms with Crippen molar-refractivity contribution in [3.8, 4) is 11.5 Å². The number of methoxy groups -OCH3 is 1. The molecule has 11 heteroatoms. The first kappa shape index (κ1) is 23.6. The van der Waals surface area contributed by atoms with Gasteiger partial charge in [0.05, 0.1) is 19.2 Å². The SMILES string of the molecule is COC(=O)c1cccc(Oc2ccc(Nc3nc(=O)n(N)c(=O)n3Cc3ccc(Cl)cc3)cc2)c1. The van der Waals surface area contributed by atoms with Crippen LogP contribution in [0.4, 0.5) is 11.6 Å². The van der Waals surface area contributed by atoms with Gasteiger partial charge in [0.25, 0.3) is 0 Å². The minimum absolute atomic E-state index is 0.0242. The summed E-state index contributed by atoms with van der Waals surface area (Å²) in [7, 11) is 1.31. The second kappa shape index (κ2) is 10.1. The van der Waals surface area contributed by atoms with Gasteiger partial charge in [0.15, 0.2) is 0 Å². The third-order valence-electron chi connectivity index (χ3n) is 4.96. The predicted octanol–water partition coefficient (Wildman–Crippen LogP) is 3.14. The molecule has 0 amide bonds. The van der Waals surface area contributed by atoms with Gasteiger partial charge in [-0.3, -0.25) is 4.57 Å². The van der Waals surface area contributed by atoms with Crippen molar-refractivity contribution in [2.24, 2.45) is 0 Å². The molecule has 4 aromatic rings. The number of benzene rings is 3. The Labute approximate surface area is 204 Å². The number of ether oxygens (including phenoxy) is 2. The molecule has 10 nitrogen and oxygen atoms in total. The van der Waals surface area contributed by atoms with Crippen LogP contribution in [-0.2, 0) is 11.3 Å². The largest absolute Gasteiger partial charge is 0.465 e. The normalized spacial score (nSPS) is 10.6. The van der Waals surface area contributed by atoms with E-state index in [1.807, 2.05) is 0 Å². The van der Waals surface area contributed by atoms with Gasteiger partial charge in [-0.05, 0) is 60.2 Å². The van der Waals surface area contributed by atoms with Crippen molar-refractivity contribution in [1.82, 2.24) is 14.2 Å². The summed E-state index contributed by atoms with van der Waals surface area (Å²) in [4.78, 5) is 40.3. The first-order valence-corrected chi connectivity index (χ1v) is 10.7. The molecule has 3 aromatic carbocycles. The van der Waals surface area contributed by atoms with Gasteiger partial charge in [0, 0.05) is 10.7 Å². The molecule has 4 rings (SSSR count). The molecule has 0 radical (unpaired) electrons. The lowest BCUT2D eigenvalue weighted by atomic mass is 10.2. The van der Waals surface area contributed by atoms with E-state index in [2.05, 4.69) is 10.3 Å². The second-order valence-corrected chi connectivity index (χ2v) is 7.79. The number of anilines is 2. The van der Waals surface area contributed by atoms with Crippen molar-refractivity contribution in [2.45, 2.75) is 6.54 Å². The summed E-state index contributed by atoms with van der Waals surface area (Å²) in [6.07, 6.45) is 0. The molecular formula is C24H20ClN5O5. The number of nitrogen functional groups attached to an aromatic ring is 1. The van der Waals surface area contributed by atoms with Crippen molar-refractivity contribution in [3.05, 3.63) is 110 Å². The van der Waals surface area contributed by atoms with Crippen LogP contribution in [0, 0.1) is 0 Å². The zero-order valence-corrected chi connectivity index (χ0v) is 19.2. The minimum atomic E-state index is -0.893. The Morgan fingerprint density at radius 3 is 2.43 bits per heavy atom. The fourth-order valence-electron chi connectivity index (χ4n) is 3.19. The van der Waals surface area contributed by atoms with Crippen LogP contribution < -0.4 is 27.3 Å². The van der Waals surface area contributed by atoms with Crippen LogP contribution in [-0.4, -0.2) is 27.3 Å². The summed E-state index contributed by atoms with van der Waals surface area (Å²) in [5.41, 5.74) is 0.0513. The topological polar surface area (TPSA) is 130 Å². The molecule has 35 heavy (non-hydrogen) atoms. The highest BCUT2D eigenvalue weighted by Gasteiger charge is 2.13. The Hall–Kier alpha value is -4.57. The molecule has 0 atom stereocenters. The van der Waals surface area contributed by atoms with Crippen molar-refractivity contribution in [3.63, 3.8) is 0 Å². The highest BCUT2D eigenvalue weighted by Crippen LogP contribution is 2.25. The van der Waals surface area contributed by atoms with Crippen LogP contribution in [0.1, 0.15) is 15.9 Å². The van der Waals surface area contributed by atoms with E-state index < -0.39 is 17.3 Å². The molecule has 0 saturated carbocycles. The van der Waals surface area contributed by atoms with Gasteiger partial charge in [0.1, 0.15) is 11.5 Å². The van der Waals surface area contributed by atoms with E-state index >= 15 is 0 Å². The molecule has 0 spiro atoms. The van der Waals surface area contributed by atoms with Crippen LogP contribution in [0.3, 0.4) is 0 Å². The monoisotopic (exact) mass is 493 g/mol. The Morgan fingerprint density at radius 2 is 1.74 bits per heavy atom. The first-order chi connectivity index (χ1) is 16.8. The molecule has 0 fully saturated rings. The molecule has 0 aliphatic carbocycles. The standard InChI is InChI=1S/C24H20ClN5O5/c1-34-21(31)16-3-2-4-20(13-16)35-19-11-9-18(10-12-19)27-22-28-23(32)30(26)24(33)29(22)14-15-5-7-17(25)8-6-15/h2-13H,14,26H2,1H3,(H,27,28,32). The number of carbonyl (C=O) groups is 1. The number of rotatable bonds is 7. The van der Waals surface area contributed by atoms with Gasteiger partial charge in [-0.2, -0.15) is 9.66 Å². The molecule has 0 bridgehead atoms. The zero-order valence-electron chi connectivity index (χ0n) is 18.5. The van der Waals surface area contributed by atoms with Gasteiger partial charge in [-0.25, -0.2) is 14.4 Å². The number of hydrogen-bond acceptors (Lipinski definition) is 8. The Bertz CT molecular complexity index is 1480. The van der Waals surface area contributed by atoms with E-state index in [-0.39, 0.29) is 12.5 Å². The van der Waals surface area contributed by atoms with Gasteiger partial charge in [0.2, 0.25) is 5.95 Å². The van der Waals surface area contributed by atoms with E-state index in [4.69, 9.17) is 26.9 Å². The third-order valence-corrected chi connectivity index (χ3v) is 5.21. The van der Waals surface area contributed by atoms with Gasteiger partial charge >= 0.3 is 17.3 Å². The smallest absolute Gasteiger partial charge is 0.373 e. The number of halogens is 1. The maximum atomic E-state index is 12.7. The minimum Gasteiger partial charge on any atom is -0.465 e. The molecule has 0 aliphatic rings. The van der Waals surface area contributed by atoms with E-state index in [1.165, 1.54) is 11.7 Å². The summed E-state index contributed by atoms with van der Waals surface area (Å²) in [5, 5.41) is 3.53. The average molecular weight is 494 g/mol. The summed E-state index contributed by atoms with van der Waals surface area (Å²) < 4.78 is 12.2. The molecular weight excluding hydrogens is 474 g/mol. The van der Waals surface area contributed by atoms with E-state index in [0.717, 1.165) is 5.56 Å². The number of esters is 1. The number of hydrogen-bond donors (Lipinski definition) is 2. The molecule has 1 heterocycles. The third kappa shape index (κ3) is 5.50. The summed E-state index contributed by atoms with van der Waals surface area (Å²) in [6, 6.07) is 20.2. The quantitative estimate of drug-likeness (QED) is 0.296. The van der Waals surface area contributed by atoms with Crippen molar-refractivity contribution in [1.29, 1.82) is 0 Å². The summed E-state index contributed by atoms with van der Waals surface area (Å²) >= 11 is 5.93. The Morgan fingerprint density at radius 1 is 1.03 bits per heavy atom. The second-order valence-electron chi connectivity index (χ2n) is 7.35. The Kier molecular flexibility index (Phi) is 6.83. The van der Waals surface area contributed by atoms with E-state index in [9.17, 15) is 14.4 Å². The van der Waals surface area contributed by atoms with Crippen LogP contribution in [0.5, 0.6) is 11.5 Å². The lowest BCUT2D eigenvalue weighted by Gasteiger charge is -2.14. The number of nitrogens with one attached hydrogen (secondary N) is 1. The lowest BCUT2D eigenvalue weighted by molar-refractivity contribution is 0.0600. The summed E-state index contributed by atoms with van der Waals surface area (Å²) in [5.74, 6) is 6.08. The molecule has 1 aromatic heterocycles. The predicted molar refractivity (Wildman–Crippen MR) is 131 cm³/mol. The average Bonchev–Trinajstić information content (AvgIpc) is 2.87. The van der Waals surface area contributed by atoms with Crippen LogP contribution >= 0.6 is 11.6 Å². The van der Waals surface area contributed by atoms with Crippen molar-refractivity contribution >= 4 is 29.2 Å². The van der Waals surface area contributed by atoms with Gasteiger partial charge in [-0.15, -0.1) is 0 Å². The molecule has 0 aliphatic heterocycles. The highest BCUT2D eigenvalue weighted by atomic mass is 35.5. The fraction of sp³-hybridized carbons (Fsp3) is 0.0833. The van der Waals surface area contributed by atoms with E-state index in [0.29, 0.717) is 32.4 Å². The maximum Gasteiger partial charge on any atom is 0.373 e. The number of nitrogens with two attached hydrogens (primary N) is 1. The molecule has 3 N–H and O–H groups in total. The number of aromatic nitrogens is 3. The van der Waals surface area contributed by atoms with Crippen LogP contribution in [0.2, 0.25) is 5.02 Å². The van der Waals surface area contributed by atoms with Crippen molar-refractivity contribution < 1.29 is 14.3 Å². The van der Waals surface area contributed by atoms with Gasteiger partial charge < -0.3 is 20.6 Å². The fourth-order valence-corrected chi connectivity index (χ4v) is 3.32. The molecule has 0 saturated heterocycles. The van der Waals surface area contributed by atoms with Crippen LogP contribution in [0.15, 0.2) is 82.4 Å². The Balaban J connectivity index is 1.56. The van der Waals surface area contributed by atoms with E-state index in [1.54, 1.807) is 72.8 Å². The maximum absolute atomic E-state index is 12.7. The lowest BCUT2D eigenvalue weighted by Crippen LogP contribution is -2.46. The first-order valence-electron chi connectivity index (χ1n) is 10.3. The molecule has 178 valence electrons. The molecule has 0 unspecified atom stereocenters.